The molecular formula is C22H18N2O5S2. The molecule has 2 aromatic carbocycles. The van der Waals surface area contributed by atoms with Gasteiger partial charge in [0.05, 0.1) is 16.3 Å². The number of benzene rings is 2. The highest BCUT2D eigenvalue weighted by atomic mass is 32.2. The highest BCUT2D eigenvalue weighted by Crippen LogP contribution is 2.26. The summed E-state index contributed by atoms with van der Waals surface area (Å²) in [5, 5.41) is 12.3. The highest BCUT2D eigenvalue weighted by Gasteiger charge is 2.24. The molecule has 0 atom stereocenters. The summed E-state index contributed by atoms with van der Waals surface area (Å²) in [6, 6.07) is 16.7. The van der Waals surface area contributed by atoms with E-state index in [0.717, 1.165) is 34.2 Å². The van der Waals surface area contributed by atoms with E-state index >= 15 is 0 Å². The number of imide groups is 1. The Hall–Kier alpha value is -3.30. The Bertz CT molecular complexity index is 1200. The van der Waals surface area contributed by atoms with Gasteiger partial charge in [0, 0.05) is 6.42 Å². The number of rotatable bonds is 7. The molecule has 2 amide bonds. The topological polar surface area (TPSA) is 97.6 Å². The largest absolute Gasteiger partial charge is 0.494 e. The van der Waals surface area contributed by atoms with Gasteiger partial charge in [0.25, 0.3) is 11.1 Å². The number of nitrogens with zero attached hydrogens (tertiary/aromatic N) is 1. The number of hydrogen-bond donors (Lipinski definition) is 2. The summed E-state index contributed by atoms with van der Waals surface area (Å²) in [6.45, 7) is 0.433. The second-order valence-electron chi connectivity index (χ2n) is 6.70. The molecule has 0 aliphatic carbocycles. The zero-order chi connectivity index (χ0) is 21.8. The van der Waals surface area contributed by atoms with Crippen LogP contribution in [0.25, 0.3) is 6.08 Å². The fourth-order valence-corrected chi connectivity index (χ4v) is 4.65. The number of thioether (sulfide) groups is 1. The van der Waals surface area contributed by atoms with Crippen molar-refractivity contribution >= 4 is 40.3 Å². The van der Waals surface area contributed by atoms with Crippen molar-refractivity contribution in [2.45, 2.75) is 13.0 Å². The molecule has 0 spiro atoms. The van der Waals surface area contributed by atoms with Crippen LogP contribution in [0.3, 0.4) is 0 Å². The number of ether oxygens (including phenoxy) is 1. The Labute approximate surface area is 186 Å². The van der Waals surface area contributed by atoms with Gasteiger partial charge in [0.2, 0.25) is 5.88 Å². The molecule has 158 valence electrons. The summed E-state index contributed by atoms with van der Waals surface area (Å²) in [5.41, 5.74) is 1.78. The lowest BCUT2D eigenvalue weighted by molar-refractivity contribution is -0.115. The van der Waals surface area contributed by atoms with Crippen LogP contribution >= 0.6 is 23.1 Å². The molecule has 0 radical (unpaired) electrons. The van der Waals surface area contributed by atoms with Crippen molar-refractivity contribution in [3.05, 3.63) is 85.2 Å². The van der Waals surface area contributed by atoms with Crippen molar-refractivity contribution in [2.24, 2.45) is 0 Å². The van der Waals surface area contributed by atoms with Crippen LogP contribution in [-0.4, -0.2) is 27.4 Å². The van der Waals surface area contributed by atoms with Gasteiger partial charge in [0.15, 0.2) is 0 Å². The van der Waals surface area contributed by atoms with Gasteiger partial charge in [0.1, 0.15) is 12.4 Å². The fraction of sp³-hybridized carbons (Fsp3) is 0.136. The van der Waals surface area contributed by atoms with Crippen LogP contribution in [-0.2, 0) is 17.8 Å². The van der Waals surface area contributed by atoms with E-state index in [2.05, 4.69) is 5.32 Å². The van der Waals surface area contributed by atoms with Gasteiger partial charge in [-0.2, -0.15) is 0 Å². The first-order chi connectivity index (χ1) is 15.0. The van der Waals surface area contributed by atoms with Crippen LogP contribution in [0.4, 0.5) is 4.79 Å². The van der Waals surface area contributed by atoms with Gasteiger partial charge in [-0.1, -0.05) is 53.8 Å². The molecule has 1 aliphatic heterocycles. The summed E-state index contributed by atoms with van der Waals surface area (Å²) in [4.78, 5) is 35.8. The first-order valence-electron chi connectivity index (χ1n) is 9.43. The molecule has 0 unspecified atom stereocenters. The van der Waals surface area contributed by atoms with Crippen molar-refractivity contribution < 1.29 is 19.4 Å². The normalized spacial score (nSPS) is 14.8. The number of amides is 2. The quantitative estimate of drug-likeness (QED) is 0.530. The summed E-state index contributed by atoms with van der Waals surface area (Å²) < 4.78 is 7.00. The maximum absolute atomic E-state index is 12.3. The van der Waals surface area contributed by atoms with Crippen LogP contribution in [0.2, 0.25) is 0 Å². The molecule has 1 saturated heterocycles. The second kappa shape index (κ2) is 9.23. The summed E-state index contributed by atoms with van der Waals surface area (Å²) >= 11 is 1.90. The zero-order valence-electron chi connectivity index (χ0n) is 16.2. The maximum Gasteiger partial charge on any atom is 0.310 e. The molecule has 2 heterocycles. The minimum Gasteiger partial charge on any atom is -0.494 e. The van der Waals surface area contributed by atoms with E-state index in [1.54, 1.807) is 30.3 Å². The van der Waals surface area contributed by atoms with Crippen molar-refractivity contribution in [3.63, 3.8) is 0 Å². The van der Waals surface area contributed by atoms with Gasteiger partial charge in [-0.3, -0.25) is 24.3 Å². The minimum atomic E-state index is -0.400. The Morgan fingerprint density at radius 1 is 1.03 bits per heavy atom. The van der Waals surface area contributed by atoms with Crippen LogP contribution in [0, 0.1) is 0 Å². The minimum absolute atomic E-state index is 0.0219. The maximum atomic E-state index is 12.3. The number of thiazole rings is 1. The van der Waals surface area contributed by atoms with Gasteiger partial charge in [-0.15, -0.1) is 0 Å². The lowest BCUT2D eigenvalue weighted by atomic mass is 10.1. The third-order valence-corrected chi connectivity index (χ3v) is 6.33. The molecular weight excluding hydrogens is 436 g/mol. The van der Waals surface area contributed by atoms with Crippen molar-refractivity contribution in [3.8, 4) is 11.6 Å². The van der Waals surface area contributed by atoms with E-state index < -0.39 is 5.91 Å². The summed E-state index contributed by atoms with van der Waals surface area (Å²) in [5.74, 6) is 0.170. The SMILES string of the molecule is O=C1NC(=O)C(=Cc2ccc(OCCn3c(O)c(Cc4ccccc4)sc3=O)cc2)S1. The predicted molar refractivity (Wildman–Crippen MR) is 121 cm³/mol. The summed E-state index contributed by atoms with van der Waals surface area (Å²) in [6.07, 6.45) is 2.13. The van der Waals surface area contributed by atoms with E-state index in [1.165, 1.54) is 4.57 Å². The standard InChI is InChI=1S/C22H18N2O5S2/c25-19-17(30-21(27)23-19)12-15-6-8-16(9-7-15)29-11-10-24-20(26)18(31-22(24)28)13-14-4-2-1-3-5-14/h1-9,12,26H,10-11,13H2,(H,23,25,27). The van der Waals surface area contributed by atoms with Crippen molar-refractivity contribution in [1.29, 1.82) is 0 Å². The molecule has 7 nitrogen and oxygen atoms in total. The van der Waals surface area contributed by atoms with Gasteiger partial charge >= 0.3 is 4.87 Å². The molecule has 4 rings (SSSR count). The van der Waals surface area contributed by atoms with Crippen LogP contribution < -0.4 is 14.9 Å². The van der Waals surface area contributed by atoms with Crippen LogP contribution in [0.15, 0.2) is 64.3 Å². The lowest BCUT2D eigenvalue weighted by Gasteiger charge is -2.08. The number of carbonyl (C=O) groups excluding carboxylic acids is 2. The first-order valence-corrected chi connectivity index (χ1v) is 11.1. The number of nitrogens with one attached hydrogen (secondary N) is 1. The van der Waals surface area contributed by atoms with E-state index in [9.17, 15) is 19.5 Å². The van der Waals surface area contributed by atoms with Gasteiger partial charge in [-0.05, 0) is 41.1 Å². The number of aromatic hydroxyl groups is 1. The molecule has 31 heavy (non-hydrogen) atoms. The Morgan fingerprint density at radius 3 is 2.45 bits per heavy atom. The first kappa shape index (κ1) is 21.0. The smallest absolute Gasteiger partial charge is 0.310 e. The predicted octanol–water partition coefficient (Wildman–Crippen LogP) is 3.61. The van der Waals surface area contributed by atoms with Crippen LogP contribution in [0.5, 0.6) is 11.6 Å². The summed E-state index contributed by atoms with van der Waals surface area (Å²) in [7, 11) is 0. The second-order valence-corrected chi connectivity index (χ2v) is 8.76. The lowest BCUT2D eigenvalue weighted by Crippen LogP contribution is -2.17. The number of hydrogen-bond acceptors (Lipinski definition) is 7. The highest BCUT2D eigenvalue weighted by molar-refractivity contribution is 8.18. The van der Waals surface area contributed by atoms with Crippen molar-refractivity contribution in [2.75, 3.05) is 6.61 Å². The monoisotopic (exact) mass is 454 g/mol. The Kier molecular flexibility index (Phi) is 6.24. The molecule has 1 aliphatic rings. The third kappa shape index (κ3) is 5.07. The number of aromatic nitrogens is 1. The van der Waals surface area contributed by atoms with Gasteiger partial charge < -0.3 is 9.84 Å². The van der Waals surface area contributed by atoms with Crippen molar-refractivity contribution in [1.82, 2.24) is 9.88 Å². The molecule has 3 aromatic rings. The molecule has 2 N–H and O–H groups in total. The Morgan fingerprint density at radius 2 is 1.77 bits per heavy atom. The average Bonchev–Trinajstić information content (AvgIpc) is 3.21. The number of carbonyl (C=O) groups is 2. The van der Waals surface area contributed by atoms with E-state index in [-0.39, 0.29) is 29.1 Å². The van der Waals surface area contributed by atoms with E-state index in [4.69, 9.17) is 4.74 Å². The molecule has 0 saturated carbocycles. The Balaban J connectivity index is 1.35. The molecule has 1 aromatic heterocycles. The molecule has 1 fully saturated rings. The van der Waals surface area contributed by atoms with Gasteiger partial charge in [-0.25, -0.2) is 0 Å². The zero-order valence-corrected chi connectivity index (χ0v) is 17.9. The van der Waals surface area contributed by atoms with Crippen LogP contribution in [0.1, 0.15) is 16.0 Å². The molecule has 9 heteroatoms. The average molecular weight is 455 g/mol. The van der Waals surface area contributed by atoms with E-state index in [0.29, 0.717) is 22.0 Å². The van der Waals surface area contributed by atoms with E-state index in [1.807, 2.05) is 30.3 Å². The molecule has 0 bridgehead atoms. The fourth-order valence-electron chi connectivity index (χ4n) is 3.02. The third-order valence-electron chi connectivity index (χ3n) is 4.55.